The molecule has 2 saturated carbocycles. The Hall–Kier alpha value is -1.26. The average molecular weight is 296 g/mol. The third-order valence-electron chi connectivity index (χ3n) is 5.28. The van der Waals surface area contributed by atoms with Crippen molar-refractivity contribution in [1.82, 2.24) is 10.2 Å². The van der Waals surface area contributed by atoms with E-state index in [0.29, 0.717) is 12.3 Å². The molecule has 2 fully saturated rings. The normalized spacial score (nSPS) is 33.2. The molecular weight excluding hydrogens is 268 g/mol. The fraction of sp³-hybridized carbons (Fsp3) is 0.875. The molecule has 2 aliphatic rings. The molecule has 120 valence electrons. The summed E-state index contributed by atoms with van der Waals surface area (Å²) in [4.78, 5) is 25.6. The summed E-state index contributed by atoms with van der Waals surface area (Å²) in [6.45, 7) is 2.20. The van der Waals surface area contributed by atoms with Crippen molar-refractivity contribution in [2.24, 2.45) is 11.8 Å². The number of nitrogens with zero attached hydrogens (tertiary/aromatic N) is 1. The van der Waals surface area contributed by atoms with Gasteiger partial charge in [0.15, 0.2) is 0 Å². The molecule has 2 rings (SSSR count). The molecule has 21 heavy (non-hydrogen) atoms. The highest BCUT2D eigenvalue weighted by molar-refractivity contribution is 5.77. The van der Waals surface area contributed by atoms with Gasteiger partial charge in [-0.05, 0) is 31.6 Å². The number of carbonyl (C=O) groups is 2. The standard InChI is InChI=1S/C16H28N2O3/c1-11-7-3-6-10-14(11)18(2)16(21)17-13-9-5-4-8-12(13)15(19)20/h11-14H,3-10H2,1-2H3,(H,17,21)(H,19,20). The van der Waals surface area contributed by atoms with E-state index in [4.69, 9.17) is 0 Å². The van der Waals surface area contributed by atoms with E-state index < -0.39 is 11.9 Å². The predicted molar refractivity (Wildman–Crippen MR) is 81.1 cm³/mol. The van der Waals surface area contributed by atoms with Crippen LogP contribution in [0.1, 0.15) is 58.3 Å². The van der Waals surface area contributed by atoms with Crippen LogP contribution in [0.15, 0.2) is 0 Å². The fourth-order valence-electron chi connectivity index (χ4n) is 3.88. The summed E-state index contributed by atoms with van der Waals surface area (Å²) in [6.07, 6.45) is 8.03. The van der Waals surface area contributed by atoms with E-state index in [1.165, 1.54) is 19.3 Å². The minimum absolute atomic E-state index is 0.105. The largest absolute Gasteiger partial charge is 0.481 e. The van der Waals surface area contributed by atoms with E-state index >= 15 is 0 Å². The third kappa shape index (κ3) is 3.89. The summed E-state index contributed by atoms with van der Waals surface area (Å²) in [6, 6.07) is -0.0392. The lowest BCUT2D eigenvalue weighted by Crippen LogP contribution is -2.53. The summed E-state index contributed by atoms with van der Waals surface area (Å²) < 4.78 is 0. The number of urea groups is 1. The topological polar surface area (TPSA) is 69.6 Å². The van der Waals surface area contributed by atoms with E-state index in [1.54, 1.807) is 4.90 Å². The van der Waals surface area contributed by atoms with Gasteiger partial charge in [-0.15, -0.1) is 0 Å². The van der Waals surface area contributed by atoms with Gasteiger partial charge in [0, 0.05) is 19.1 Å². The first-order valence-corrected chi connectivity index (χ1v) is 8.27. The van der Waals surface area contributed by atoms with E-state index in [0.717, 1.165) is 25.7 Å². The van der Waals surface area contributed by atoms with Gasteiger partial charge in [0.25, 0.3) is 0 Å². The Labute approximate surface area is 127 Å². The number of hydrogen-bond donors (Lipinski definition) is 2. The summed E-state index contributed by atoms with van der Waals surface area (Å²) >= 11 is 0. The van der Waals surface area contributed by atoms with Crippen molar-refractivity contribution in [2.75, 3.05) is 7.05 Å². The van der Waals surface area contributed by atoms with Gasteiger partial charge in [0.2, 0.25) is 0 Å². The highest BCUT2D eigenvalue weighted by Gasteiger charge is 2.34. The molecule has 5 nitrogen and oxygen atoms in total. The lowest BCUT2D eigenvalue weighted by Gasteiger charge is -2.38. The van der Waals surface area contributed by atoms with Crippen molar-refractivity contribution in [3.8, 4) is 0 Å². The second-order valence-corrected chi connectivity index (χ2v) is 6.73. The number of carboxylic acids is 1. The molecule has 4 unspecified atom stereocenters. The van der Waals surface area contributed by atoms with Crippen LogP contribution in [-0.4, -0.2) is 41.1 Å². The van der Waals surface area contributed by atoms with Gasteiger partial charge < -0.3 is 15.3 Å². The molecular formula is C16H28N2O3. The number of hydrogen-bond acceptors (Lipinski definition) is 2. The molecule has 0 aromatic rings. The van der Waals surface area contributed by atoms with E-state index in [2.05, 4.69) is 12.2 Å². The number of amides is 2. The number of carbonyl (C=O) groups excluding carboxylic acids is 1. The number of rotatable bonds is 3. The third-order valence-corrected chi connectivity index (χ3v) is 5.28. The zero-order valence-electron chi connectivity index (χ0n) is 13.2. The summed E-state index contributed by atoms with van der Waals surface area (Å²) in [5, 5.41) is 12.3. The zero-order chi connectivity index (χ0) is 15.4. The van der Waals surface area contributed by atoms with Crippen molar-refractivity contribution in [1.29, 1.82) is 0 Å². The van der Waals surface area contributed by atoms with Crippen LogP contribution in [0.2, 0.25) is 0 Å². The second kappa shape index (κ2) is 7.14. The molecule has 0 aliphatic heterocycles. The first-order valence-electron chi connectivity index (χ1n) is 8.27. The quantitative estimate of drug-likeness (QED) is 0.841. The van der Waals surface area contributed by atoms with Crippen molar-refractivity contribution in [3.63, 3.8) is 0 Å². The van der Waals surface area contributed by atoms with Crippen LogP contribution >= 0.6 is 0 Å². The van der Waals surface area contributed by atoms with Crippen LogP contribution in [-0.2, 0) is 4.79 Å². The summed E-state index contributed by atoms with van der Waals surface area (Å²) in [7, 11) is 1.85. The zero-order valence-corrected chi connectivity index (χ0v) is 13.2. The second-order valence-electron chi connectivity index (χ2n) is 6.73. The maximum Gasteiger partial charge on any atom is 0.317 e. The predicted octanol–water partition coefficient (Wildman–Crippen LogP) is 2.85. The van der Waals surface area contributed by atoms with Gasteiger partial charge in [-0.25, -0.2) is 4.79 Å². The van der Waals surface area contributed by atoms with Crippen molar-refractivity contribution in [3.05, 3.63) is 0 Å². The summed E-state index contributed by atoms with van der Waals surface area (Å²) in [5.41, 5.74) is 0. The maximum absolute atomic E-state index is 12.4. The molecule has 2 N–H and O–H groups in total. The molecule has 0 heterocycles. The van der Waals surface area contributed by atoms with Crippen molar-refractivity contribution < 1.29 is 14.7 Å². The lowest BCUT2D eigenvalue weighted by molar-refractivity contribution is -0.143. The van der Waals surface area contributed by atoms with Crippen LogP contribution in [0, 0.1) is 11.8 Å². The first kappa shape index (κ1) is 16.1. The smallest absolute Gasteiger partial charge is 0.317 e. The van der Waals surface area contributed by atoms with Crippen LogP contribution in [0.4, 0.5) is 4.79 Å². The average Bonchev–Trinajstić information content (AvgIpc) is 2.47. The van der Waals surface area contributed by atoms with E-state index in [1.807, 2.05) is 7.05 Å². The van der Waals surface area contributed by atoms with Gasteiger partial charge in [-0.3, -0.25) is 4.79 Å². The van der Waals surface area contributed by atoms with E-state index in [9.17, 15) is 14.7 Å². The molecule has 0 radical (unpaired) electrons. The van der Waals surface area contributed by atoms with Gasteiger partial charge in [0.1, 0.15) is 0 Å². The van der Waals surface area contributed by atoms with Crippen LogP contribution < -0.4 is 5.32 Å². The SMILES string of the molecule is CC1CCCCC1N(C)C(=O)NC1CCCCC1C(=O)O. The number of nitrogens with one attached hydrogen (secondary N) is 1. The van der Waals surface area contributed by atoms with Crippen molar-refractivity contribution >= 4 is 12.0 Å². The summed E-state index contributed by atoms with van der Waals surface area (Å²) in [5.74, 6) is -0.690. The first-order chi connectivity index (χ1) is 10.0. The maximum atomic E-state index is 12.4. The van der Waals surface area contributed by atoms with Crippen LogP contribution in [0.3, 0.4) is 0 Å². The molecule has 2 aliphatic carbocycles. The Morgan fingerprint density at radius 2 is 1.67 bits per heavy atom. The monoisotopic (exact) mass is 296 g/mol. The molecule has 2 amide bonds. The lowest BCUT2D eigenvalue weighted by atomic mass is 9.84. The minimum atomic E-state index is -0.784. The molecule has 0 aromatic carbocycles. The highest BCUT2D eigenvalue weighted by Crippen LogP contribution is 2.28. The van der Waals surface area contributed by atoms with Crippen LogP contribution in [0.25, 0.3) is 0 Å². The minimum Gasteiger partial charge on any atom is -0.481 e. The Kier molecular flexibility index (Phi) is 5.48. The number of aliphatic carboxylic acids is 1. The van der Waals surface area contributed by atoms with E-state index in [-0.39, 0.29) is 18.1 Å². The molecule has 5 heteroatoms. The molecule has 4 atom stereocenters. The molecule has 0 spiro atoms. The molecule has 0 saturated heterocycles. The Balaban J connectivity index is 1.94. The Bertz CT molecular complexity index is 386. The fourth-order valence-corrected chi connectivity index (χ4v) is 3.88. The molecule has 0 bridgehead atoms. The van der Waals surface area contributed by atoms with Gasteiger partial charge in [-0.1, -0.05) is 32.6 Å². The van der Waals surface area contributed by atoms with Crippen LogP contribution in [0.5, 0.6) is 0 Å². The molecule has 0 aromatic heterocycles. The Morgan fingerprint density at radius 3 is 2.33 bits per heavy atom. The van der Waals surface area contributed by atoms with Gasteiger partial charge in [-0.2, -0.15) is 0 Å². The highest BCUT2D eigenvalue weighted by atomic mass is 16.4. The van der Waals surface area contributed by atoms with Gasteiger partial charge >= 0.3 is 12.0 Å². The number of carboxylic acid groups (broad SMARTS) is 1. The van der Waals surface area contributed by atoms with Gasteiger partial charge in [0.05, 0.1) is 5.92 Å². The Morgan fingerprint density at radius 1 is 1.05 bits per heavy atom. The van der Waals surface area contributed by atoms with Crippen molar-refractivity contribution in [2.45, 2.75) is 70.4 Å².